The average Bonchev–Trinajstić information content (AvgIpc) is 3.16. The summed E-state index contributed by atoms with van der Waals surface area (Å²) in [5.74, 6) is -0.0910. The summed E-state index contributed by atoms with van der Waals surface area (Å²) in [6.45, 7) is 4.95. The van der Waals surface area contributed by atoms with Crippen molar-refractivity contribution in [2.24, 2.45) is 0 Å². The number of aromatic amines is 1. The van der Waals surface area contributed by atoms with E-state index < -0.39 is 0 Å². The molecule has 27 heavy (non-hydrogen) atoms. The SMILES string of the molecule is CC1CCCCN1Cc1ccccc1CNC(=O)c1cnc2[nH]ccc2c1. The Morgan fingerprint density at radius 1 is 1.26 bits per heavy atom. The summed E-state index contributed by atoms with van der Waals surface area (Å²) in [6, 6.07) is 12.8. The summed E-state index contributed by atoms with van der Waals surface area (Å²) in [7, 11) is 0. The van der Waals surface area contributed by atoms with E-state index in [4.69, 9.17) is 0 Å². The number of H-pyrrole nitrogens is 1. The van der Waals surface area contributed by atoms with Gasteiger partial charge in [-0.05, 0) is 49.6 Å². The van der Waals surface area contributed by atoms with Crippen LogP contribution in [0.5, 0.6) is 0 Å². The Hall–Kier alpha value is -2.66. The molecule has 1 unspecified atom stereocenters. The van der Waals surface area contributed by atoms with E-state index in [2.05, 4.69) is 45.3 Å². The summed E-state index contributed by atoms with van der Waals surface area (Å²) >= 11 is 0. The quantitative estimate of drug-likeness (QED) is 0.724. The number of nitrogens with one attached hydrogen (secondary N) is 2. The molecule has 1 atom stereocenters. The van der Waals surface area contributed by atoms with E-state index in [-0.39, 0.29) is 5.91 Å². The highest BCUT2D eigenvalue weighted by atomic mass is 16.1. The van der Waals surface area contributed by atoms with Crippen LogP contribution >= 0.6 is 0 Å². The molecule has 1 aromatic carbocycles. The first-order chi connectivity index (χ1) is 13.2. The van der Waals surface area contributed by atoms with Crippen molar-refractivity contribution in [3.05, 3.63) is 65.5 Å². The molecule has 0 aliphatic carbocycles. The van der Waals surface area contributed by atoms with Crippen LogP contribution in [0.3, 0.4) is 0 Å². The molecule has 2 aromatic heterocycles. The Kier molecular flexibility index (Phi) is 5.21. The summed E-state index contributed by atoms with van der Waals surface area (Å²) in [4.78, 5) is 22.5. The number of amides is 1. The fourth-order valence-corrected chi connectivity index (χ4v) is 3.84. The van der Waals surface area contributed by atoms with E-state index in [0.29, 0.717) is 18.2 Å². The zero-order chi connectivity index (χ0) is 18.6. The molecule has 1 saturated heterocycles. The van der Waals surface area contributed by atoms with Gasteiger partial charge in [-0.2, -0.15) is 0 Å². The zero-order valence-corrected chi connectivity index (χ0v) is 15.7. The van der Waals surface area contributed by atoms with Crippen molar-refractivity contribution in [1.82, 2.24) is 20.2 Å². The molecule has 140 valence electrons. The van der Waals surface area contributed by atoms with Gasteiger partial charge in [-0.3, -0.25) is 9.69 Å². The topological polar surface area (TPSA) is 61.0 Å². The molecular formula is C22H26N4O. The highest BCUT2D eigenvalue weighted by molar-refractivity contribution is 5.96. The molecule has 1 amide bonds. The zero-order valence-electron chi connectivity index (χ0n) is 15.7. The third-order valence-corrected chi connectivity index (χ3v) is 5.53. The lowest BCUT2D eigenvalue weighted by atomic mass is 10.0. The number of carbonyl (C=O) groups excluding carboxylic acids is 1. The number of hydrogen-bond donors (Lipinski definition) is 2. The maximum absolute atomic E-state index is 12.6. The van der Waals surface area contributed by atoms with Crippen molar-refractivity contribution >= 4 is 16.9 Å². The summed E-state index contributed by atoms with van der Waals surface area (Å²) in [5.41, 5.74) is 3.86. The van der Waals surface area contributed by atoms with Gasteiger partial charge in [0.15, 0.2) is 0 Å². The number of carbonyl (C=O) groups is 1. The predicted octanol–water partition coefficient (Wildman–Crippen LogP) is 3.87. The predicted molar refractivity (Wildman–Crippen MR) is 107 cm³/mol. The molecule has 3 aromatic rings. The van der Waals surface area contributed by atoms with Gasteiger partial charge in [-0.15, -0.1) is 0 Å². The summed E-state index contributed by atoms with van der Waals surface area (Å²) in [5, 5.41) is 4.00. The molecule has 3 heterocycles. The van der Waals surface area contributed by atoms with Crippen LogP contribution in [0.15, 0.2) is 48.8 Å². The molecule has 1 aliphatic heterocycles. The number of rotatable bonds is 5. The van der Waals surface area contributed by atoms with Gasteiger partial charge in [-0.1, -0.05) is 30.7 Å². The van der Waals surface area contributed by atoms with E-state index >= 15 is 0 Å². The van der Waals surface area contributed by atoms with E-state index in [1.807, 2.05) is 24.4 Å². The fraction of sp³-hybridized carbons (Fsp3) is 0.364. The van der Waals surface area contributed by atoms with Gasteiger partial charge in [0.05, 0.1) is 5.56 Å². The number of fused-ring (bicyclic) bond motifs is 1. The average molecular weight is 362 g/mol. The lowest BCUT2D eigenvalue weighted by molar-refractivity contribution is 0.0950. The number of aromatic nitrogens is 2. The minimum atomic E-state index is -0.0910. The number of nitrogens with zero attached hydrogens (tertiary/aromatic N) is 2. The number of likely N-dealkylation sites (tertiary alicyclic amines) is 1. The lowest BCUT2D eigenvalue weighted by Crippen LogP contribution is -2.37. The van der Waals surface area contributed by atoms with Crippen LogP contribution in [-0.2, 0) is 13.1 Å². The Labute approximate surface area is 159 Å². The molecule has 0 radical (unpaired) electrons. The normalized spacial score (nSPS) is 17.9. The molecule has 0 saturated carbocycles. The standard InChI is InChI=1S/C22H26N4O/c1-16-6-4-5-11-26(16)15-19-8-3-2-7-18(19)13-25-22(27)20-12-17-9-10-23-21(17)24-14-20/h2-3,7-10,12,14,16H,4-6,11,13,15H2,1H3,(H,23,24)(H,25,27). The number of benzene rings is 1. The highest BCUT2D eigenvalue weighted by Gasteiger charge is 2.19. The summed E-state index contributed by atoms with van der Waals surface area (Å²) in [6.07, 6.45) is 7.33. The first-order valence-electron chi connectivity index (χ1n) is 9.73. The van der Waals surface area contributed by atoms with Gasteiger partial charge < -0.3 is 10.3 Å². The lowest BCUT2D eigenvalue weighted by Gasteiger charge is -2.33. The van der Waals surface area contributed by atoms with Gasteiger partial charge in [0.2, 0.25) is 0 Å². The van der Waals surface area contributed by atoms with Crippen molar-refractivity contribution < 1.29 is 4.79 Å². The maximum Gasteiger partial charge on any atom is 0.253 e. The molecule has 1 fully saturated rings. The van der Waals surface area contributed by atoms with Crippen LogP contribution in [0.2, 0.25) is 0 Å². The fourth-order valence-electron chi connectivity index (χ4n) is 3.84. The van der Waals surface area contributed by atoms with E-state index in [9.17, 15) is 4.79 Å². The highest BCUT2D eigenvalue weighted by Crippen LogP contribution is 2.21. The van der Waals surface area contributed by atoms with Gasteiger partial charge >= 0.3 is 0 Å². The minimum Gasteiger partial charge on any atom is -0.348 e. The molecule has 2 N–H and O–H groups in total. The first kappa shape index (κ1) is 17.7. The second kappa shape index (κ2) is 7.92. The second-order valence-corrected chi connectivity index (χ2v) is 7.41. The Morgan fingerprint density at radius 2 is 2.11 bits per heavy atom. The molecule has 0 bridgehead atoms. The molecule has 4 rings (SSSR count). The summed E-state index contributed by atoms with van der Waals surface area (Å²) < 4.78 is 0. The van der Waals surface area contributed by atoms with E-state index in [1.165, 1.54) is 30.4 Å². The largest absolute Gasteiger partial charge is 0.348 e. The third-order valence-electron chi connectivity index (χ3n) is 5.53. The molecule has 1 aliphatic rings. The van der Waals surface area contributed by atoms with Gasteiger partial charge in [0, 0.05) is 36.9 Å². The van der Waals surface area contributed by atoms with Crippen molar-refractivity contribution in [2.45, 2.75) is 45.3 Å². The van der Waals surface area contributed by atoms with E-state index in [0.717, 1.165) is 24.1 Å². The van der Waals surface area contributed by atoms with Crippen molar-refractivity contribution in [2.75, 3.05) is 6.54 Å². The smallest absolute Gasteiger partial charge is 0.253 e. The number of pyridine rings is 1. The second-order valence-electron chi connectivity index (χ2n) is 7.41. The third kappa shape index (κ3) is 4.03. The number of piperidine rings is 1. The monoisotopic (exact) mass is 362 g/mol. The van der Waals surface area contributed by atoms with Crippen molar-refractivity contribution in [3.63, 3.8) is 0 Å². The van der Waals surface area contributed by atoms with Crippen LogP contribution in [0.4, 0.5) is 0 Å². The van der Waals surface area contributed by atoms with Crippen LogP contribution in [-0.4, -0.2) is 33.4 Å². The first-order valence-corrected chi connectivity index (χ1v) is 9.73. The maximum atomic E-state index is 12.6. The minimum absolute atomic E-state index is 0.0910. The molecule has 5 nitrogen and oxygen atoms in total. The van der Waals surface area contributed by atoms with Crippen molar-refractivity contribution in [1.29, 1.82) is 0 Å². The Bertz CT molecular complexity index is 933. The molecule has 0 spiro atoms. The van der Waals surface area contributed by atoms with E-state index in [1.54, 1.807) is 6.20 Å². The Morgan fingerprint density at radius 3 is 2.96 bits per heavy atom. The van der Waals surface area contributed by atoms with Crippen LogP contribution < -0.4 is 5.32 Å². The van der Waals surface area contributed by atoms with Crippen LogP contribution in [0.25, 0.3) is 11.0 Å². The molecule has 5 heteroatoms. The van der Waals surface area contributed by atoms with Crippen LogP contribution in [0.1, 0.15) is 47.7 Å². The number of hydrogen-bond acceptors (Lipinski definition) is 3. The van der Waals surface area contributed by atoms with Crippen molar-refractivity contribution in [3.8, 4) is 0 Å². The van der Waals surface area contributed by atoms with Gasteiger partial charge in [0.25, 0.3) is 5.91 Å². The van der Waals surface area contributed by atoms with Gasteiger partial charge in [0.1, 0.15) is 5.65 Å². The molecular weight excluding hydrogens is 336 g/mol. The van der Waals surface area contributed by atoms with Gasteiger partial charge in [-0.25, -0.2) is 4.98 Å². The van der Waals surface area contributed by atoms with Crippen LogP contribution in [0, 0.1) is 0 Å². The Balaban J connectivity index is 1.43.